The third kappa shape index (κ3) is 2.95. The highest BCUT2D eigenvalue weighted by molar-refractivity contribution is 7.89. The number of anilines is 1. The van der Waals surface area contributed by atoms with Gasteiger partial charge in [0.2, 0.25) is 10.0 Å². The van der Waals surface area contributed by atoms with E-state index in [4.69, 9.17) is 17.3 Å². The largest absolute Gasteiger partial charge is 0.398 e. The predicted octanol–water partition coefficient (Wildman–Crippen LogP) is 3.18. The highest BCUT2D eigenvalue weighted by Crippen LogP contribution is 2.31. The minimum atomic E-state index is -3.55. The van der Waals surface area contributed by atoms with Crippen LogP contribution >= 0.6 is 11.6 Å². The molecule has 1 fully saturated rings. The summed E-state index contributed by atoms with van der Waals surface area (Å²) in [5, 5.41) is 0.351. The van der Waals surface area contributed by atoms with Gasteiger partial charge in [-0.3, -0.25) is 0 Å². The van der Waals surface area contributed by atoms with Crippen molar-refractivity contribution in [3.05, 3.63) is 22.7 Å². The summed E-state index contributed by atoms with van der Waals surface area (Å²) in [6.45, 7) is 1.72. The van der Waals surface area contributed by atoms with E-state index < -0.39 is 10.0 Å². The van der Waals surface area contributed by atoms with Crippen molar-refractivity contribution < 1.29 is 8.42 Å². The van der Waals surface area contributed by atoms with Gasteiger partial charge < -0.3 is 5.73 Å². The quantitative estimate of drug-likeness (QED) is 0.871. The number of rotatable bonds is 3. The highest BCUT2D eigenvalue weighted by atomic mass is 35.5. The van der Waals surface area contributed by atoms with Crippen LogP contribution in [0.4, 0.5) is 5.69 Å². The second kappa shape index (κ2) is 5.92. The molecule has 1 aromatic rings. The molecule has 0 saturated heterocycles. The molecule has 0 heterocycles. The summed E-state index contributed by atoms with van der Waals surface area (Å²) >= 11 is 5.96. The molecule has 0 aromatic heterocycles. The zero-order chi connectivity index (χ0) is 14.9. The Morgan fingerprint density at radius 1 is 1.25 bits per heavy atom. The van der Waals surface area contributed by atoms with Gasteiger partial charge in [-0.05, 0) is 37.5 Å². The first-order valence-electron chi connectivity index (χ1n) is 6.87. The van der Waals surface area contributed by atoms with E-state index in [9.17, 15) is 8.42 Å². The van der Waals surface area contributed by atoms with E-state index in [-0.39, 0.29) is 10.9 Å². The van der Waals surface area contributed by atoms with Gasteiger partial charge in [-0.25, -0.2) is 8.42 Å². The zero-order valence-corrected chi connectivity index (χ0v) is 13.5. The second-order valence-corrected chi connectivity index (χ2v) is 7.83. The fraction of sp³-hybridized carbons (Fsp3) is 0.571. The smallest absolute Gasteiger partial charge is 0.243 e. The lowest BCUT2D eigenvalue weighted by molar-refractivity contribution is 0.285. The molecule has 0 bridgehead atoms. The average molecular weight is 317 g/mol. The normalized spacial score (nSPS) is 17.6. The van der Waals surface area contributed by atoms with Gasteiger partial charge >= 0.3 is 0 Å². The highest BCUT2D eigenvalue weighted by Gasteiger charge is 2.30. The minimum absolute atomic E-state index is 0.0772. The van der Waals surface area contributed by atoms with Crippen molar-refractivity contribution in [1.29, 1.82) is 0 Å². The maximum Gasteiger partial charge on any atom is 0.243 e. The van der Waals surface area contributed by atoms with Gasteiger partial charge in [-0.2, -0.15) is 4.31 Å². The van der Waals surface area contributed by atoms with Crippen LogP contribution in [0, 0.1) is 6.92 Å². The number of hydrogen-bond acceptors (Lipinski definition) is 3. The van der Waals surface area contributed by atoms with Crippen molar-refractivity contribution in [2.45, 2.75) is 50.0 Å². The molecule has 0 spiro atoms. The molecule has 2 N–H and O–H groups in total. The Morgan fingerprint density at radius 3 is 2.45 bits per heavy atom. The second-order valence-electron chi connectivity index (χ2n) is 5.43. The third-order valence-corrected chi connectivity index (χ3v) is 6.37. The van der Waals surface area contributed by atoms with Crippen molar-refractivity contribution in [2.75, 3.05) is 12.8 Å². The molecule has 0 amide bonds. The lowest BCUT2D eigenvalue weighted by Crippen LogP contribution is -2.38. The first kappa shape index (κ1) is 15.6. The van der Waals surface area contributed by atoms with Gasteiger partial charge in [-0.1, -0.05) is 30.9 Å². The van der Waals surface area contributed by atoms with Crippen LogP contribution in [0.15, 0.2) is 17.0 Å². The van der Waals surface area contributed by atoms with Crippen LogP contribution in [0.25, 0.3) is 0 Å². The topological polar surface area (TPSA) is 63.4 Å². The average Bonchev–Trinajstić information content (AvgIpc) is 2.42. The lowest BCUT2D eigenvalue weighted by Gasteiger charge is -2.31. The fourth-order valence-corrected chi connectivity index (χ4v) is 4.72. The van der Waals surface area contributed by atoms with Gasteiger partial charge in [0.25, 0.3) is 0 Å². The molecule has 4 nitrogen and oxygen atoms in total. The lowest BCUT2D eigenvalue weighted by atomic mass is 9.96. The summed E-state index contributed by atoms with van der Waals surface area (Å²) in [5.74, 6) is 0. The maximum atomic E-state index is 12.8. The Labute approximate surface area is 126 Å². The number of sulfonamides is 1. The van der Waals surface area contributed by atoms with Crippen LogP contribution in [-0.4, -0.2) is 25.8 Å². The molecular formula is C14H21ClN2O2S. The monoisotopic (exact) mass is 316 g/mol. The van der Waals surface area contributed by atoms with Crippen LogP contribution in [0.3, 0.4) is 0 Å². The molecule has 1 saturated carbocycles. The fourth-order valence-electron chi connectivity index (χ4n) is 2.74. The van der Waals surface area contributed by atoms with Crippen molar-refractivity contribution >= 4 is 27.3 Å². The van der Waals surface area contributed by atoms with Crippen LogP contribution < -0.4 is 5.73 Å². The van der Waals surface area contributed by atoms with E-state index in [1.54, 1.807) is 20.0 Å². The molecule has 1 aliphatic carbocycles. The number of nitrogens with two attached hydrogens (primary N) is 1. The Balaban J connectivity index is 2.39. The zero-order valence-electron chi connectivity index (χ0n) is 11.9. The maximum absolute atomic E-state index is 12.8. The summed E-state index contributed by atoms with van der Waals surface area (Å²) in [4.78, 5) is 0.218. The van der Waals surface area contributed by atoms with Crippen LogP contribution in [0.2, 0.25) is 5.02 Å². The van der Waals surface area contributed by atoms with E-state index >= 15 is 0 Å². The van der Waals surface area contributed by atoms with Crippen molar-refractivity contribution in [2.24, 2.45) is 0 Å². The van der Waals surface area contributed by atoms with Gasteiger partial charge in [-0.15, -0.1) is 0 Å². The minimum Gasteiger partial charge on any atom is -0.398 e. The Kier molecular flexibility index (Phi) is 4.62. The standard InChI is InChI=1S/C14H21ClN2O2S/c1-10-13(16)8-11(15)9-14(10)20(18,19)17(2)12-6-4-3-5-7-12/h8-9,12H,3-7,16H2,1-2H3. The number of halogens is 1. The first-order valence-corrected chi connectivity index (χ1v) is 8.69. The molecule has 0 atom stereocenters. The molecule has 0 unspecified atom stereocenters. The van der Waals surface area contributed by atoms with Crippen molar-refractivity contribution in [3.63, 3.8) is 0 Å². The van der Waals surface area contributed by atoms with Crippen LogP contribution in [-0.2, 0) is 10.0 Å². The predicted molar refractivity (Wildman–Crippen MR) is 82.4 cm³/mol. The Morgan fingerprint density at radius 2 is 1.85 bits per heavy atom. The van der Waals surface area contributed by atoms with Gasteiger partial charge in [0, 0.05) is 23.8 Å². The summed E-state index contributed by atoms with van der Waals surface area (Å²) in [7, 11) is -1.89. The van der Waals surface area contributed by atoms with E-state index in [0.29, 0.717) is 16.3 Å². The molecule has 2 rings (SSSR count). The van der Waals surface area contributed by atoms with Crippen molar-refractivity contribution in [3.8, 4) is 0 Å². The number of benzene rings is 1. The Hall–Kier alpha value is -0.780. The molecule has 0 radical (unpaired) electrons. The number of nitrogen functional groups attached to an aromatic ring is 1. The molecule has 1 aliphatic rings. The van der Waals surface area contributed by atoms with E-state index in [2.05, 4.69) is 0 Å². The molecule has 112 valence electrons. The van der Waals surface area contributed by atoms with E-state index in [1.165, 1.54) is 16.8 Å². The van der Waals surface area contributed by atoms with Crippen LogP contribution in [0.5, 0.6) is 0 Å². The molecular weight excluding hydrogens is 296 g/mol. The summed E-state index contributed by atoms with van der Waals surface area (Å²) < 4.78 is 27.0. The summed E-state index contributed by atoms with van der Waals surface area (Å²) in [6.07, 6.45) is 5.20. The number of hydrogen-bond donors (Lipinski definition) is 1. The molecule has 20 heavy (non-hydrogen) atoms. The summed E-state index contributed by atoms with van der Waals surface area (Å²) in [5.41, 5.74) is 6.81. The summed E-state index contributed by atoms with van der Waals surface area (Å²) in [6, 6.07) is 3.15. The van der Waals surface area contributed by atoms with E-state index in [1.807, 2.05) is 0 Å². The third-order valence-electron chi connectivity index (χ3n) is 4.11. The molecule has 0 aliphatic heterocycles. The van der Waals surface area contributed by atoms with E-state index in [0.717, 1.165) is 25.7 Å². The van der Waals surface area contributed by atoms with Gasteiger partial charge in [0.15, 0.2) is 0 Å². The van der Waals surface area contributed by atoms with Gasteiger partial charge in [0.1, 0.15) is 0 Å². The molecule has 6 heteroatoms. The number of nitrogens with zero attached hydrogens (tertiary/aromatic N) is 1. The molecule has 1 aromatic carbocycles. The van der Waals surface area contributed by atoms with Gasteiger partial charge in [0.05, 0.1) is 4.90 Å². The van der Waals surface area contributed by atoms with Crippen molar-refractivity contribution in [1.82, 2.24) is 4.31 Å². The Bertz CT molecular complexity index is 595. The van der Waals surface area contributed by atoms with Crippen LogP contribution in [0.1, 0.15) is 37.7 Å². The first-order chi connectivity index (χ1) is 9.34. The SMILES string of the molecule is Cc1c(N)cc(Cl)cc1S(=O)(=O)N(C)C1CCCCC1.